The molecule has 1 heterocycles. The lowest BCUT2D eigenvalue weighted by atomic mass is 10.1. The maximum Gasteiger partial charge on any atom is 0.213 e. The number of halogens is 1. The zero-order valence-corrected chi connectivity index (χ0v) is 16.5. The number of hydrogen-bond donors (Lipinski definition) is 1. The molecule has 0 bridgehead atoms. The van der Waals surface area contributed by atoms with Gasteiger partial charge in [0, 0.05) is 41.5 Å². The molecule has 0 aliphatic rings. The molecule has 3 aromatic rings. The van der Waals surface area contributed by atoms with Gasteiger partial charge in [-0.2, -0.15) is 0 Å². The summed E-state index contributed by atoms with van der Waals surface area (Å²) in [6.07, 6.45) is 1.71. The minimum absolute atomic E-state index is 0.371. The molecule has 0 radical (unpaired) electrons. The molecular weight excluding hydrogens is 376 g/mol. The molecule has 0 fully saturated rings. The van der Waals surface area contributed by atoms with Gasteiger partial charge < -0.3 is 19.5 Å². The average molecular weight is 399 g/mol. The number of nitrogens with zero attached hydrogens (tertiary/aromatic N) is 1. The van der Waals surface area contributed by atoms with Crippen LogP contribution in [0.3, 0.4) is 0 Å². The van der Waals surface area contributed by atoms with E-state index in [0.717, 1.165) is 11.1 Å². The summed E-state index contributed by atoms with van der Waals surface area (Å²) in [5.41, 5.74) is 1.93. The van der Waals surface area contributed by atoms with Gasteiger partial charge in [0.2, 0.25) is 5.88 Å². The van der Waals surface area contributed by atoms with Crippen LogP contribution in [-0.2, 0) is 13.2 Å². The Balaban J connectivity index is 1.57. The molecule has 5 nitrogen and oxygen atoms in total. The largest absolute Gasteiger partial charge is 0.493 e. The van der Waals surface area contributed by atoms with Crippen LogP contribution in [0.1, 0.15) is 11.1 Å². The minimum Gasteiger partial charge on any atom is -0.493 e. The lowest BCUT2D eigenvalue weighted by Crippen LogP contribution is -2.21. The number of benzene rings is 2. The SMILES string of the molecule is COc1cccc(CNCCOc2ccccn2)c1OCc1ccccc1Cl. The van der Waals surface area contributed by atoms with Crippen LogP contribution in [0.2, 0.25) is 5.02 Å². The Morgan fingerprint density at radius 1 is 0.929 bits per heavy atom. The predicted molar refractivity (Wildman–Crippen MR) is 110 cm³/mol. The molecule has 3 rings (SSSR count). The number of ether oxygens (including phenoxy) is 3. The van der Waals surface area contributed by atoms with Gasteiger partial charge in [-0.05, 0) is 18.2 Å². The first-order chi connectivity index (χ1) is 13.8. The van der Waals surface area contributed by atoms with Crippen LogP contribution in [0.25, 0.3) is 0 Å². The first-order valence-electron chi connectivity index (χ1n) is 9.04. The molecule has 0 aliphatic heterocycles. The first-order valence-corrected chi connectivity index (χ1v) is 9.42. The molecule has 28 heavy (non-hydrogen) atoms. The Morgan fingerprint density at radius 2 is 1.75 bits per heavy atom. The van der Waals surface area contributed by atoms with Gasteiger partial charge in [0.1, 0.15) is 13.2 Å². The normalized spacial score (nSPS) is 10.5. The topological polar surface area (TPSA) is 52.6 Å². The summed E-state index contributed by atoms with van der Waals surface area (Å²) in [5, 5.41) is 4.04. The van der Waals surface area contributed by atoms with E-state index in [4.69, 9.17) is 25.8 Å². The number of nitrogens with one attached hydrogen (secondary N) is 1. The summed E-state index contributed by atoms with van der Waals surface area (Å²) >= 11 is 6.23. The summed E-state index contributed by atoms with van der Waals surface area (Å²) < 4.78 is 17.1. The van der Waals surface area contributed by atoms with E-state index in [1.54, 1.807) is 13.3 Å². The molecule has 0 spiro atoms. The van der Waals surface area contributed by atoms with Crippen LogP contribution in [0.5, 0.6) is 17.4 Å². The number of rotatable bonds is 10. The lowest BCUT2D eigenvalue weighted by Gasteiger charge is -2.16. The number of aromatic nitrogens is 1. The second-order valence-corrected chi connectivity index (χ2v) is 6.43. The predicted octanol–water partition coefficient (Wildman–Crippen LogP) is 4.49. The van der Waals surface area contributed by atoms with E-state index in [-0.39, 0.29) is 0 Å². The molecule has 2 aromatic carbocycles. The van der Waals surface area contributed by atoms with Gasteiger partial charge in [0.25, 0.3) is 0 Å². The zero-order valence-electron chi connectivity index (χ0n) is 15.7. The molecule has 1 N–H and O–H groups in total. The smallest absolute Gasteiger partial charge is 0.213 e. The number of para-hydroxylation sites is 1. The molecule has 0 atom stereocenters. The third-order valence-electron chi connectivity index (χ3n) is 4.09. The molecule has 1 aromatic heterocycles. The molecule has 146 valence electrons. The third kappa shape index (κ3) is 5.62. The van der Waals surface area contributed by atoms with Crippen LogP contribution >= 0.6 is 11.6 Å². The Kier molecular flexibility index (Phi) is 7.53. The lowest BCUT2D eigenvalue weighted by molar-refractivity contribution is 0.279. The van der Waals surface area contributed by atoms with Gasteiger partial charge >= 0.3 is 0 Å². The van der Waals surface area contributed by atoms with Crippen LogP contribution in [-0.4, -0.2) is 25.2 Å². The van der Waals surface area contributed by atoms with Crippen LogP contribution < -0.4 is 19.5 Å². The van der Waals surface area contributed by atoms with E-state index in [1.165, 1.54) is 0 Å². The van der Waals surface area contributed by atoms with Crippen molar-refractivity contribution in [2.24, 2.45) is 0 Å². The highest BCUT2D eigenvalue weighted by Crippen LogP contribution is 2.32. The fourth-order valence-electron chi connectivity index (χ4n) is 2.67. The number of methoxy groups -OCH3 is 1. The Morgan fingerprint density at radius 3 is 2.54 bits per heavy atom. The van der Waals surface area contributed by atoms with Crippen molar-refractivity contribution >= 4 is 11.6 Å². The number of hydrogen-bond acceptors (Lipinski definition) is 5. The highest BCUT2D eigenvalue weighted by Gasteiger charge is 2.11. The fourth-order valence-corrected chi connectivity index (χ4v) is 2.86. The van der Waals surface area contributed by atoms with Gasteiger partial charge in [0.15, 0.2) is 11.5 Å². The summed E-state index contributed by atoms with van der Waals surface area (Å²) in [6, 6.07) is 19.1. The van der Waals surface area contributed by atoms with Gasteiger partial charge in [-0.25, -0.2) is 4.98 Å². The van der Waals surface area contributed by atoms with Crippen LogP contribution in [0, 0.1) is 0 Å². The van der Waals surface area contributed by atoms with Crippen molar-refractivity contribution in [3.05, 3.63) is 83.0 Å². The molecule has 0 saturated carbocycles. The summed E-state index contributed by atoms with van der Waals surface area (Å²) in [5.74, 6) is 2.02. The Labute approximate surface area is 170 Å². The first kappa shape index (κ1) is 20.0. The Bertz CT molecular complexity index is 875. The van der Waals surface area contributed by atoms with E-state index < -0.39 is 0 Å². The third-order valence-corrected chi connectivity index (χ3v) is 4.46. The monoisotopic (exact) mass is 398 g/mol. The second kappa shape index (κ2) is 10.5. The maximum atomic E-state index is 6.23. The molecular formula is C22H23ClN2O3. The van der Waals surface area contributed by atoms with Crippen molar-refractivity contribution in [1.29, 1.82) is 0 Å². The molecule has 0 saturated heterocycles. The molecule has 0 aliphatic carbocycles. The molecule has 6 heteroatoms. The van der Waals surface area contributed by atoms with Crippen molar-refractivity contribution in [3.8, 4) is 17.4 Å². The average Bonchev–Trinajstić information content (AvgIpc) is 2.74. The van der Waals surface area contributed by atoms with Crippen LogP contribution in [0.4, 0.5) is 0 Å². The minimum atomic E-state index is 0.371. The summed E-state index contributed by atoms with van der Waals surface area (Å²) in [6.45, 7) is 2.20. The molecule has 0 amide bonds. The van der Waals surface area contributed by atoms with E-state index in [2.05, 4.69) is 10.3 Å². The highest BCUT2D eigenvalue weighted by molar-refractivity contribution is 6.31. The fraction of sp³-hybridized carbons (Fsp3) is 0.227. The Hall–Kier alpha value is -2.76. The quantitative estimate of drug-likeness (QED) is 0.510. The van der Waals surface area contributed by atoms with Crippen LogP contribution in [0.15, 0.2) is 66.9 Å². The number of pyridine rings is 1. The van der Waals surface area contributed by atoms with Crippen molar-refractivity contribution in [3.63, 3.8) is 0 Å². The van der Waals surface area contributed by atoms with E-state index >= 15 is 0 Å². The van der Waals surface area contributed by atoms with Crippen molar-refractivity contribution in [1.82, 2.24) is 10.3 Å². The summed E-state index contributed by atoms with van der Waals surface area (Å²) in [7, 11) is 1.63. The van der Waals surface area contributed by atoms with Gasteiger partial charge in [-0.15, -0.1) is 0 Å². The van der Waals surface area contributed by atoms with Gasteiger partial charge in [0.05, 0.1) is 7.11 Å². The van der Waals surface area contributed by atoms with E-state index in [9.17, 15) is 0 Å². The van der Waals surface area contributed by atoms with Gasteiger partial charge in [-0.1, -0.05) is 48.0 Å². The highest BCUT2D eigenvalue weighted by atomic mass is 35.5. The van der Waals surface area contributed by atoms with E-state index in [0.29, 0.717) is 48.7 Å². The standard InChI is InChI=1S/C22H23ClN2O3/c1-26-20-10-6-8-17(15-24-13-14-27-21-11-4-5-12-25-21)22(20)28-16-18-7-2-3-9-19(18)23/h2-12,24H,13-16H2,1H3. The maximum absolute atomic E-state index is 6.23. The van der Waals surface area contributed by atoms with Crippen molar-refractivity contribution < 1.29 is 14.2 Å². The zero-order chi connectivity index (χ0) is 19.6. The van der Waals surface area contributed by atoms with Crippen molar-refractivity contribution in [2.75, 3.05) is 20.3 Å². The van der Waals surface area contributed by atoms with Crippen molar-refractivity contribution in [2.45, 2.75) is 13.2 Å². The van der Waals surface area contributed by atoms with Gasteiger partial charge in [-0.3, -0.25) is 0 Å². The van der Waals surface area contributed by atoms with E-state index in [1.807, 2.05) is 60.7 Å². The summed E-state index contributed by atoms with van der Waals surface area (Å²) in [4.78, 5) is 4.13. The second-order valence-electron chi connectivity index (χ2n) is 6.02. The molecule has 0 unspecified atom stereocenters.